The lowest BCUT2D eigenvalue weighted by atomic mass is 10.1. The van der Waals surface area contributed by atoms with Crippen molar-refractivity contribution >= 4 is 44.9 Å². The van der Waals surface area contributed by atoms with Crippen LogP contribution in [0.5, 0.6) is 5.75 Å². The standard InChI is InChI=1S/C25H23Cl2N5O6S/c26-16-3-1-4-17(27)19(16)24(35)31-10-2-5-18(31)22-29-23(34)21(33)20-25(36)30(11-12-32(20)22)13-14-39(37,38)15-6-8-28-9-7-15/h1,3-4,6-9,18,33H,2,5,10-14H2. The van der Waals surface area contributed by atoms with Gasteiger partial charge in [0.2, 0.25) is 5.75 Å². The highest BCUT2D eigenvalue weighted by Gasteiger charge is 2.39. The van der Waals surface area contributed by atoms with Crippen LogP contribution in [-0.4, -0.2) is 75.1 Å². The maximum Gasteiger partial charge on any atom is 0.315 e. The molecule has 5 rings (SSSR count). The first-order valence-electron chi connectivity index (χ1n) is 12.1. The molecular weight excluding hydrogens is 569 g/mol. The van der Waals surface area contributed by atoms with Crippen molar-refractivity contribution in [3.8, 4) is 5.75 Å². The number of rotatable bonds is 6. The van der Waals surface area contributed by atoms with Gasteiger partial charge in [0, 0.05) is 38.6 Å². The summed E-state index contributed by atoms with van der Waals surface area (Å²) < 4.78 is 26.9. The lowest BCUT2D eigenvalue weighted by Gasteiger charge is -2.34. The van der Waals surface area contributed by atoms with Crippen molar-refractivity contribution < 1.29 is 23.1 Å². The van der Waals surface area contributed by atoms with E-state index in [1.807, 2.05) is 0 Å². The van der Waals surface area contributed by atoms with E-state index < -0.39 is 39.0 Å². The van der Waals surface area contributed by atoms with Crippen molar-refractivity contribution in [3.05, 3.63) is 80.2 Å². The van der Waals surface area contributed by atoms with Crippen LogP contribution in [0.15, 0.2) is 52.4 Å². The molecule has 204 valence electrons. The number of pyridine rings is 1. The van der Waals surface area contributed by atoms with Gasteiger partial charge in [-0.15, -0.1) is 0 Å². The first kappa shape index (κ1) is 27.1. The summed E-state index contributed by atoms with van der Waals surface area (Å²) in [7, 11) is -3.69. The van der Waals surface area contributed by atoms with Crippen molar-refractivity contribution in [1.82, 2.24) is 24.3 Å². The number of fused-ring (bicyclic) bond motifs is 1. The van der Waals surface area contributed by atoms with Gasteiger partial charge in [0.1, 0.15) is 5.82 Å². The molecule has 4 heterocycles. The van der Waals surface area contributed by atoms with E-state index in [4.69, 9.17) is 23.2 Å². The van der Waals surface area contributed by atoms with Crippen LogP contribution in [0.25, 0.3) is 0 Å². The number of hydrogen-bond donors (Lipinski definition) is 1. The Hall–Kier alpha value is -3.48. The smallest absolute Gasteiger partial charge is 0.315 e. The lowest BCUT2D eigenvalue weighted by Crippen LogP contribution is -2.46. The fourth-order valence-corrected chi connectivity index (χ4v) is 6.75. The maximum atomic E-state index is 13.5. The van der Waals surface area contributed by atoms with E-state index in [1.165, 1.54) is 38.9 Å². The Kier molecular flexibility index (Phi) is 7.36. The zero-order valence-electron chi connectivity index (χ0n) is 20.5. The van der Waals surface area contributed by atoms with Crippen LogP contribution in [0.2, 0.25) is 10.0 Å². The van der Waals surface area contributed by atoms with Crippen LogP contribution in [0.4, 0.5) is 0 Å². The second-order valence-corrected chi connectivity index (χ2v) is 12.1. The Balaban J connectivity index is 1.45. The van der Waals surface area contributed by atoms with E-state index in [9.17, 15) is 27.9 Å². The normalized spacial score (nSPS) is 17.4. The number of sulfone groups is 1. The fourth-order valence-electron chi connectivity index (χ4n) is 4.96. The molecule has 0 spiro atoms. The summed E-state index contributed by atoms with van der Waals surface area (Å²) in [6.07, 6.45) is 3.81. The SMILES string of the molecule is O=C1c2c(O)c(=O)nc(C3CCCN3C(=O)c3c(Cl)cccc3Cl)n2CCN1CCS(=O)(=O)c1ccncc1. The second-order valence-electron chi connectivity index (χ2n) is 9.17. The van der Waals surface area contributed by atoms with Gasteiger partial charge < -0.3 is 19.5 Å². The zero-order valence-corrected chi connectivity index (χ0v) is 22.8. The molecule has 3 aromatic rings. The molecule has 11 nitrogen and oxygen atoms in total. The van der Waals surface area contributed by atoms with Crippen LogP contribution in [0.1, 0.15) is 45.6 Å². The minimum absolute atomic E-state index is 0.0810. The number of aromatic nitrogens is 3. The molecule has 0 bridgehead atoms. The van der Waals surface area contributed by atoms with Gasteiger partial charge >= 0.3 is 5.56 Å². The highest BCUT2D eigenvalue weighted by atomic mass is 35.5. The summed E-state index contributed by atoms with van der Waals surface area (Å²) in [6, 6.07) is 6.81. The lowest BCUT2D eigenvalue weighted by molar-refractivity contribution is 0.0689. The number of benzene rings is 1. The van der Waals surface area contributed by atoms with Crippen molar-refractivity contribution in [2.75, 3.05) is 25.4 Å². The third kappa shape index (κ3) is 4.99. The molecule has 2 aliphatic rings. The Morgan fingerprint density at radius 1 is 1.05 bits per heavy atom. The Labute approximate surface area is 233 Å². The molecule has 2 amide bonds. The molecule has 14 heteroatoms. The first-order chi connectivity index (χ1) is 18.6. The number of likely N-dealkylation sites (tertiary alicyclic amines) is 1. The first-order valence-corrected chi connectivity index (χ1v) is 14.5. The molecule has 1 fully saturated rings. The highest BCUT2D eigenvalue weighted by Crippen LogP contribution is 2.36. The Bertz CT molecular complexity index is 1610. The fraction of sp³-hybridized carbons (Fsp3) is 0.320. The molecule has 1 saturated heterocycles. The Morgan fingerprint density at radius 3 is 2.44 bits per heavy atom. The van der Waals surface area contributed by atoms with Gasteiger partial charge in [-0.1, -0.05) is 29.3 Å². The monoisotopic (exact) mass is 591 g/mol. The predicted molar refractivity (Wildman–Crippen MR) is 142 cm³/mol. The van der Waals surface area contributed by atoms with Crippen molar-refractivity contribution in [2.24, 2.45) is 0 Å². The van der Waals surface area contributed by atoms with Gasteiger partial charge in [-0.2, -0.15) is 4.98 Å². The summed E-state index contributed by atoms with van der Waals surface area (Å²) in [4.78, 5) is 50.3. The summed E-state index contributed by atoms with van der Waals surface area (Å²) in [6.45, 7) is 0.460. The minimum atomic E-state index is -3.69. The quantitative estimate of drug-likeness (QED) is 0.460. The molecule has 2 aromatic heterocycles. The van der Waals surface area contributed by atoms with Crippen molar-refractivity contribution in [1.29, 1.82) is 0 Å². The number of aromatic hydroxyl groups is 1. The molecule has 1 atom stereocenters. The minimum Gasteiger partial charge on any atom is -0.501 e. The van der Waals surface area contributed by atoms with Gasteiger partial charge in [0.25, 0.3) is 11.8 Å². The topological polar surface area (TPSA) is 143 Å². The van der Waals surface area contributed by atoms with E-state index >= 15 is 0 Å². The van der Waals surface area contributed by atoms with Gasteiger partial charge in [0.05, 0.1) is 32.3 Å². The molecular formula is C25H23Cl2N5O6S. The van der Waals surface area contributed by atoms with E-state index in [0.717, 1.165) is 0 Å². The van der Waals surface area contributed by atoms with E-state index in [-0.39, 0.29) is 57.4 Å². The van der Waals surface area contributed by atoms with Gasteiger partial charge in [0.15, 0.2) is 15.5 Å². The van der Waals surface area contributed by atoms with Crippen LogP contribution < -0.4 is 5.56 Å². The molecule has 0 radical (unpaired) electrons. The number of hydrogen-bond acceptors (Lipinski definition) is 8. The van der Waals surface area contributed by atoms with Gasteiger partial charge in [-0.05, 0) is 37.1 Å². The summed E-state index contributed by atoms with van der Waals surface area (Å²) >= 11 is 12.5. The zero-order chi connectivity index (χ0) is 27.9. The average Bonchev–Trinajstić information content (AvgIpc) is 3.40. The Morgan fingerprint density at radius 2 is 1.74 bits per heavy atom. The number of carbonyl (C=O) groups excluding carboxylic acids is 2. The number of carbonyl (C=O) groups is 2. The second kappa shape index (κ2) is 10.6. The predicted octanol–water partition coefficient (Wildman–Crippen LogP) is 2.56. The average molecular weight is 592 g/mol. The van der Waals surface area contributed by atoms with Gasteiger partial charge in [-0.3, -0.25) is 19.4 Å². The molecule has 2 aliphatic heterocycles. The van der Waals surface area contributed by atoms with Crippen LogP contribution in [-0.2, 0) is 16.4 Å². The summed E-state index contributed by atoms with van der Waals surface area (Å²) in [5.41, 5.74) is -1.16. The molecule has 0 aliphatic carbocycles. The van der Waals surface area contributed by atoms with Crippen molar-refractivity contribution in [2.45, 2.75) is 30.3 Å². The molecule has 0 saturated carbocycles. The maximum absolute atomic E-state index is 13.5. The number of halogens is 2. The highest BCUT2D eigenvalue weighted by molar-refractivity contribution is 7.91. The van der Waals surface area contributed by atoms with Crippen LogP contribution in [0, 0.1) is 0 Å². The molecule has 1 aromatic carbocycles. The van der Waals surface area contributed by atoms with Crippen LogP contribution in [0.3, 0.4) is 0 Å². The number of nitrogens with zero attached hydrogens (tertiary/aromatic N) is 5. The summed E-state index contributed by atoms with van der Waals surface area (Å²) in [5.74, 6) is -2.14. The van der Waals surface area contributed by atoms with E-state index in [2.05, 4.69) is 9.97 Å². The number of amides is 2. The van der Waals surface area contributed by atoms with E-state index in [0.29, 0.717) is 19.4 Å². The largest absolute Gasteiger partial charge is 0.501 e. The summed E-state index contributed by atoms with van der Waals surface area (Å²) in [5, 5.41) is 10.9. The third-order valence-electron chi connectivity index (χ3n) is 6.90. The third-order valence-corrected chi connectivity index (χ3v) is 9.24. The van der Waals surface area contributed by atoms with Crippen molar-refractivity contribution in [3.63, 3.8) is 0 Å². The van der Waals surface area contributed by atoms with Crippen LogP contribution >= 0.6 is 23.2 Å². The molecule has 39 heavy (non-hydrogen) atoms. The molecule has 1 N–H and O–H groups in total. The van der Waals surface area contributed by atoms with E-state index in [1.54, 1.807) is 18.2 Å². The molecule has 1 unspecified atom stereocenters. The van der Waals surface area contributed by atoms with Gasteiger partial charge in [-0.25, -0.2) is 8.42 Å².